The van der Waals surface area contributed by atoms with E-state index in [0.717, 1.165) is 32.1 Å². The lowest BCUT2D eigenvalue weighted by Crippen LogP contribution is -2.37. The molecule has 0 spiro atoms. The number of rotatable bonds is 6. The zero-order valence-corrected chi connectivity index (χ0v) is 20.3. The third kappa shape index (κ3) is 4.72. The van der Waals surface area contributed by atoms with E-state index >= 15 is 0 Å². The topological polar surface area (TPSA) is 79.8 Å². The van der Waals surface area contributed by atoms with E-state index in [1.54, 1.807) is 23.1 Å². The number of anilines is 1. The van der Waals surface area contributed by atoms with Gasteiger partial charge >= 0.3 is 0 Å². The van der Waals surface area contributed by atoms with E-state index in [4.69, 9.17) is 4.74 Å². The SMILES string of the molecule is O=C(c1ccc(S(=O)(=O)N2CCCCC2)cc1)N(CC1CCCO1)c1nc2ccc(F)cc2s1. The summed E-state index contributed by atoms with van der Waals surface area (Å²) in [7, 11) is -3.57. The Bertz CT molecular complexity index is 1280. The molecule has 5 rings (SSSR count). The maximum atomic E-state index is 13.7. The molecule has 2 fully saturated rings. The first-order chi connectivity index (χ1) is 16.4. The fraction of sp³-hybridized carbons (Fsp3) is 0.417. The Hall–Kier alpha value is -2.40. The highest BCUT2D eigenvalue weighted by Crippen LogP contribution is 2.31. The van der Waals surface area contributed by atoms with Crippen LogP contribution in [0.15, 0.2) is 47.4 Å². The second-order valence-corrected chi connectivity index (χ2v) is 11.6. The molecule has 1 aromatic heterocycles. The minimum Gasteiger partial charge on any atom is -0.376 e. The zero-order valence-electron chi connectivity index (χ0n) is 18.7. The maximum absolute atomic E-state index is 13.7. The van der Waals surface area contributed by atoms with Crippen molar-refractivity contribution in [1.29, 1.82) is 0 Å². The summed E-state index contributed by atoms with van der Waals surface area (Å²) in [6.45, 7) is 2.03. The molecule has 0 aliphatic carbocycles. The molecule has 1 atom stereocenters. The van der Waals surface area contributed by atoms with Crippen LogP contribution in [0.4, 0.5) is 9.52 Å². The molecule has 2 saturated heterocycles. The number of carbonyl (C=O) groups excluding carboxylic acids is 1. The van der Waals surface area contributed by atoms with Crippen LogP contribution in [0, 0.1) is 5.82 Å². The van der Waals surface area contributed by atoms with E-state index < -0.39 is 10.0 Å². The number of carbonyl (C=O) groups is 1. The number of ether oxygens (including phenoxy) is 1. The molecule has 2 aliphatic heterocycles. The normalized spacial score (nSPS) is 19.5. The van der Waals surface area contributed by atoms with Gasteiger partial charge in [-0.2, -0.15) is 4.31 Å². The molecular formula is C24H26FN3O4S2. The van der Waals surface area contributed by atoms with Gasteiger partial charge in [-0.05, 0) is 68.1 Å². The first kappa shape index (κ1) is 23.3. The number of hydrogen-bond donors (Lipinski definition) is 0. The van der Waals surface area contributed by atoms with Gasteiger partial charge in [-0.3, -0.25) is 9.69 Å². The van der Waals surface area contributed by atoms with Gasteiger partial charge in [-0.25, -0.2) is 17.8 Å². The molecule has 3 heterocycles. The summed E-state index contributed by atoms with van der Waals surface area (Å²) >= 11 is 1.25. The van der Waals surface area contributed by atoms with Gasteiger partial charge in [0, 0.05) is 25.3 Å². The van der Waals surface area contributed by atoms with Gasteiger partial charge in [0.25, 0.3) is 5.91 Å². The lowest BCUT2D eigenvalue weighted by atomic mass is 10.2. The number of nitrogens with zero attached hydrogens (tertiary/aromatic N) is 3. The minimum atomic E-state index is -3.57. The van der Waals surface area contributed by atoms with Crippen LogP contribution in [0.2, 0.25) is 0 Å². The first-order valence-electron chi connectivity index (χ1n) is 11.5. The summed E-state index contributed by atoms with van der Waals surface area (Å²) in [5.41, 5.74) is 0.982. The number of benzene rings is 2. The molecule has 2 aromatic carbocycles. The third-order valence-electron chi connectivity index (χ3n) is 6.28. The summed E-state index contributed by atoms with van der Waals surface area (Å²) in [6.07, 6.45) is 4.43. The van der Waals surface area contributed by atoms with Gasteiger partial charge in [0.15, 0.2) is 5.13 Å². The molecule has 3 aromatic rings. The largest absolute Gasteiger partial charge is 0.376 e. The van der Waals surface area contributed by atoms with E-state index in [1.807, 2.05) is 0 Å². The minimum absolute atomic E-state index is 0.105. The Kier molecular flexibility index (Phi) is 6.65. The van der Waals surface area contributed by atoms with Crippen molar-refractivity contribution < 1.29 is 22.3 Å². The number of fused-ring (bicyclic) bond motifs is 1. The molecular weight excluding hydrogens is 477 g/mol. The van der Waals surface area contributed by atoms with Crippen LogP contribution in [-0.2, 0) is 14.8 Å². The van der Waals surface area contributed by atoms with Gasteiger partial charge in [0.1, 0.15) is 5.82 Å². The Morgan fingerprint density at radius 1 is 1.12 bits per heavy atom. The van der Waals surface area contributed by atoms with Crippen molar-refractivity contribution in [1.82, 2.24) is 9.29 Å². The highest BCUT2D eigenvalue weighted by molar-refractivity contribution is 7.89. The molecule has 1 unspecified atom stereocenters. The Morgan fingerprint density at radius 3 is 2.59 bits per heavy atom. The first-order valence-corrected chi connectivity index (χ1v) is 13.8. The highest BCUT2D eigenvalue weighted by Gasteiger charge is 2.29. The lowest BCUT2D eigenvalue weighted by molar-refractivity contribution is 0.0917. The Morgan fingerprint density at radius 2 is 1.88 bits per heavy atom. The number of hydrogen-bond acceptors (Lipinski definition) is 6. The smallest absolute Gasteiger partial charge is 0.260 e. The molecule has 10 heteroatoms. The number of thiazole rings is 1. The van der Waals surface area contributed by atoms with Gasteiger partial charge < -0.3 is 4.74 Å². The van der Waals surface area contributed by atoms with Crippen LogP contribution in [0.3, 0.4) is 0 Å². The van der Waals surface area contributed by atoms with Crippen LogP contribution >= 0.6 is 11.3 Å². The van der Waals surface area contributed by atoms with Crippen molar-refractivity contribution in [3.8, 4) is 0 Å². The summed E-state index contributed by atoms with van der Waals surface area (Å²) < 4.78 is 47.5. The van der Waals surface area contributed by atoms with Gasteiger partial charge in [0.2, 0.25) is 10.0 Å². The van der Waals surface area contributed by atoms with Crippen molar-refractivity contribution in [2.45, 2.75) is 43.1 Å². The Labute approximate surface area is 202 Å². The van der Waals surface area contributed by atoms with Crippen LogP contribution in [0.5, 0.6) is 0 Å². The number of aromatic nitrogens is 1. The molecule has 0 radical (unpaired) electrons. The van der Waals surface area contributed by atoms with Gasteiger partial charge in [0.05, 0.1) is 27.8 Å². The van der Waals surface area contributed by atoms with Crippen LogP contribution in [0.1, 0.15) is 42.5 Å². The number of sulfonamides is 1. The highest BCUT2D eigenvalue weighted by atomic mass is 32.2. The fourth-order valence-electron chi connectivity index (χ4n) is 4.42. The summed E-state index contributed by atoms with van der Waals surface area (Å²) in [5, 5.41) is 0.464. The third-order valence-corrected chi connectivity index (χ3v) is 9.23. The number of piperidine rings is 1. The summed E-state index contributed by atoms with van der Waals surface area (Å²) in [5.74, 6) is -0.651. The van der Waals surface area contributed by atoms with E-state index in [-0.39, 0.29) is 22.7 Å². The molecule has 0 bridgehead atoms. The molecule has 0 N–H and O–H groups in total. The number of halogens is 1. The second-order valence-electron chi connectivity index (χ2n) is 8.65. The quantitative estimate of drug-likeness (QED) is 0.497. The van der Waals surface area contributed by atoms with Crippen molar-refractivity contribution in [3.05, 3.63) is 53.8 Å². The van der Waals surface area contributed by atoms with Crippen molar-refractivity contribution >= 4 is 42.6 Å². The molecule has 2 aliphatic rings. The summed E-state index contributed by atoms with van der Waals surface area (Å²) in [4.78, 5) is 19.9. The predicted octanol–water partition coefficient (Wildman–Crippen LogP) is 4.44. The predicted molar refractivity (Wildman–Crippen MR) is 129 cm³/mol. The van der Waals surface area contributed by atoms with E-state index in [1.165, 1.54) is 39.9 Å². The molecule has 180 valence electrons. The molecule has 1 amide bonds. The Balaban J connectivity index is 1.43. The van der Waals surface area contributed by atoms with Crippen molar-refractivity contribution in [3.63, 3.8) is 0 Å². The lowest BCUT2D eigenvalue weighted by Gasteiger charge is -2.26. The van der Waals surface area contributed by atoms with E-state index in [0.29, 0.717) is 47.2 Å². The molecule has 34 heavy (non-hydrogen) atoms. The monoisotopic (exact) mass is 503 g/mol. The van der Waals surface area contributed by atoms with E-state index in [9.17, 15) is 17.6 Å². The average molecular weight is 504 g/mol. The van der Waals surface area contributed by atoms with Gasteiger partial charge in [-0.15, -0.1) is 0 Å². The molecule has 7 nitrogen and oxygen atoms in total. The fourth-order valence-corrected chi connectivity index (χ4v) is 6.94. The second kappa shape index (κ2) is 9.69. The zero-order chi connectivity index (χ0) is 23.7. The van der Waals surface area contributed by atoms with Crippen molar-refractivity contribution in [2.75, 3.05) is 31.1 Å². The standard InChI is InChI=1S/C24H26FN3O4S2/c25-18-8-11-21-22(15-18)33-24(26-21)28(16-19-5-4-14-32-19)23(29)17-6-9-20(10-7-17)34(30,31)27-12-2-1-3-13-27/h6-11,15,19H,1-5,12-14,16H2. The number of amides is 1. The van der Waals surface area contributed by atoms with Crippen LogP contribution < -0.4 is 4.90 Å². The van der Waals surface area contributed by atoms with Gasteiger partial charge in [-0.1, -0.05) is 17.8 Å². The summed E-state index contributed by atoms with van der Waals surface area (Å²) in [6, 6.07) is 10.4. The van der Waals surface area contributed by atoms with E-state index in [2.05, 4.69) is 4.98 Å². The maximum Gasteiger partial charge on any atom is 0.260 e. The van der Waals surface area contributed by atoms with Crippen molar-refractivity contribution in [2.24, 2.45) is 0 Å². The molecule has 0 saturated carbocycles. The van der Waals surface area contributed by atoms with Crippen LogP contribution in [0.25, 0.3) is 10.2 Å². The average Bonchev–Trinajstić information content (AvgIpc) is 3.52. The van der Waals surface area contributed by atoms with Crippen LogP contribution in [-0.4, -0.2) is 56.0 Å².